The molecule has 0 fully saturated rings. The van der Waals surface area contributed by atoms with E-state index in [4.69, 9.17) is 4.42 Å². The summed E-state index contributed by atoms with van der Waals surface area (Å²) >= 11 is 1.23. The number of aromatic nitrogens is 4. The molecule has 0 unspecified atom stereocenters. The molecule has 0 atom stereocenters. The van der Waals surface area contributed by atoms with E-state index in [0.29, 0.717) is 16.7 Å². The third kappa shape index (κ3) is 3.25. The number of carbonyl (C=O) groups is 1. The lowest BCUT2D eigenvalue weighted by Crippen LogP contribution is -2.01. The van der Waals surface area contributed by atoms with E-state index in [0.717, 1.165) is 12.1 Å². The summed E-state index contributed by atoms with van der Waals surface area (Å²) in [6.07, 6.45) is 3.53. The van der Waals surface area contributed by atoms with Gasteiger partial charge in [-0.05, 0) is 6.92 Å². The van der Waals surface area contributed by atoms with Crippen LogP contribution in [0.4, 0.5) is 0 Å². The fraction of sp³-hybridized carbons (Fsp3) is 0.200. The van der Waals surface area contributed by atoms with Gasteiger partial charge in [-0.25, -0.2) is 0 Å². The Hall–Kier alpha value is -2.41. The second kappa shape index (κ2) is 6.57. The quantitative estimate of drug-likeness (QED) is 0.514. The number of aryl methyl sites for hydroxylation is 1. The van der Waals surface area contributed by atoms with Gasteiger partial charge in [0.15, 0.2) is 5.78 Å². The maximum Gasteiger partial charge on any atom is 0.277 e. The van der Waals surface area contributed by atoms with Crippen LogP contribution < -0.4 is 0 Å². The largest absolute Gasteiger partial charge is 0.411 e. The van der Waals surface area contributed by atoms with Crippen LogP contribution in [0, 0.1) is 0 Å². The molecule has 22 heavy (non-hydrogen) atoms. The van der Waals surface area contributed by atoms with Crippen LogP contribution in [-0.4, -0.2) is 31.5 Å². The standard InChI is InChI=1S/C15H14N4O2S/c1-2-19-9-12(8-16-19)14-17-18-15(21-14)22-10-13(20)11-6-4-3-5-7-11/h3-9H,2,10H2,1H3. The maximum atomic E-state index is 12.0. The molecule has 0 aliphatic carbocycles. The van der Waals surface area contributed by atoms with E-state index in [2.05, 4.69) is 15.3 Å². The highest BCUT2D eigenvalue weighted by atomic mass is 32.2. The van der Waals surface area contributed by atoms with Crippen LogP contribution in [-0.2, 0) is 6.54 Å². The lowest BCUT2D eigenvalue weighted by Gasteiger charge is -1.97. The van der Waals surface area contributed by atoms with E-state index in [1.807, 2.05) is 31.3 Å². The highest BCUT2D eigenvalue weighted by molar-refractivity contribution is 7.99. The van der Waals surface area contributed by atoms with Crippen LogP contribution in [0.5, 0.6) is 0 Å². The number of hydrogen-bond acceptors (Lipinski definition) is 6. The van der Waals surface area contributed by atoms with Gasteiger partial charge in [0.25, 0.3) is 11.1 Å². The molecule has 0 N–H and O–H groups in total. The third-order valence-corrected chi connectivity index (χ3v) is 3.85. The highest BCUT2D eigenvalue weighted by Gasteiger charge is 2.13. The second-order valence-corrected chi connectivity index (χ2v) is 5.46. The van der Waals surface area contributed by atoms with Crippen molar-refractivity contribution in [1.29, 1.82) is 0 Å². The Morgan fingerprint density at radius 1 is 1.27 bits per heavy atom. The maximum absolute atomic E-state index is 12.0. The van der Waals surface area contributed by atoms with Gasteiger partial charge in [0.05, 0.1) is 17.5 Å². The summed E-state index contributed by atoms with van der Waals surface area (Å²) in [5.74, 6) is 0.707. The van der Waals surface area contributed by atoms with E-state index < -0.39 is 0 Å². The SMILES string of the molecule is CCn1cc(-c2nnc(SCC(=O)c3ccccc3)o2)cn1. The van der Waals surface area contributed by atoms with Gasteiger partial charge in [-0.2, -0.15) is 5.10 Å². The van der Waals surface area contributed by atoms with E-state index in [1.54, 1.807) is 23.0 Å². The molecule has 0 spiro atoms. The summed E-state index contributed by atoms with van der Waals surface area (Å²) < 4.78 is 7.33. The zero-order chi connectivity index (χ0) is 15.4. The molecular weight excluding hydrogens is 300 g/mol. The first-order valence-corrected chi connectivity index (χ1v) is 7.82. The molecule has 0 saturated heterocycles. The van der Waals surface area contributed by atoms with Crippen molar-refractivity contribution in [2.45, 2.75) is 18.7 Å². The summed E-state index contributed by atoms with van der Waals surface area (Å²) in [5.41, 5.74) is 1.45. The molecule has 0 saturated carbocycles. The van der Waals surface area contributed by atoms with Gasteiger partial charge in [0.1, 0.15) is 0 Å². The molecule has 0 bridgehead atoms. The Bertz CT molecular complexity index is 767. The first-order valence-electron chi connectivity index (χ1n) is 6.83. The van der Waals surface area contributed by atoms with E-state index in [9.17, 15) is 4.79 Å². The zero-order valence-electron chi connectivity index (χ0n) is 12.0. The molecule has 0 radical (unpaired) electrons. The third-order valence-electron chi connectivity index (χ3n) is 3.03. The van der Waals surface area contributed by atoms with Crippen molar-refractivity contribution in [1.82, 2.24) is 20.0 Å². The summed E-state index contributed by atoms with van der Waals surface area (Å²) in [5, 5.41) is 12.5. The second-order valence-electron chi connectivity index (χ2n) is 4.54. The Balaban J connectivity index is 1.63. The van der Waals surface area contributed by atoms with Crippen molar-refractivity contribution >= 4 is 17.5 Å². The van der Waals surface area contributed by atoms with Gasteiger partial charge in [0.2, 0.25) is 0 Å². The topological polar surface area (TPSA) is 73.8 Å². The molecule has 0 aliphatic rings. The van der Waals surface area contributed by atoms with Crippen molar-refractivity contribution in [3.05, 3.63) is 48.3 Å². The fourth-order valence-electron chi connectivity index (χ4n) is 1.87. The predicted molar refractivity (Wildman–Crippen MR) is 82.7 cm³/mol. The van der Waals surface area contributed by atoms with Crippen LogP contribution in [0.3, 0.4) is 0 Å². The van der Waals surface area contributed by atoms with Gasteiger partial charge in [-0.3, -0.25) is 9.48 Å². The van der Waals surface area contributed by atoms with Crippen LogP contribution in [0.2, 0.25) is 0 Å². The monoisotopic (exact) mass is 314 g/mol. The minimum absolute atomic E-state index is 0.0316. The number of benzene rings is 1. The minimum Gasteiger partial charge on any atom is -0.411 e. The average molecular weight is 314 g/mol. The average Bonchev–Trinajstić information content (AvgIpc) is 3.22. The summed E-state index contributed by atoms with van der Waals surface area (Å²) in [6.45, 7) is 2.78. The Labute approximate surface area is 131 Å². The molecule has 112 valence electrons. The molecular formula is C15H14N4O2S. The predicted octanol–water partition coefficient (Wildman–Crippen LogP) is 2.93. The Kier molecular flexibility index (Phi) is 4.34. The molecule has 0 amide bonds. The minimum atomic E-state index is 0.0316. The summed E-state index contributed by atoms with van der Waals surface area (Å²) in [7, 11) is 0. The molecule has 2 aromatic heterocycles. The van der Waals surface area contributed by atoms with Gasteiger partial charge >= 0.3 is 0 Å². The van der Waals surface area contributed by atoms with Crippen molar-refractivity contribution in [3.8, 4) is 11.5 Å². The first-order chi connectivity index (χ1) is 10.8. The number of nitrogens with zero attached hydrogens (tertiary/aromatic N) is 4. The molecule has 1 aromatic carbocycles. The lowest BCUT2D eigenvalue weighted by atomic mass is 10.2. The Morgan fingerprint density at radius 2 is 2.09 bits per heavy atom. The Morgan fingerprint density at radius 3 is 2.82 bits per heavy atom. The number of thioether (sulfide) groups is 1. The normalized spacial score (nSPS) is 10.8. The van der Waals surface area contributed by atoms with E-state index in [-0.39, 0.29) is 11.5 Å². The van der Waals surface area contributed by atoms with Crippen LogP contribution in [0.25, 0.3) is 11.5 Å². The molecule has 3 aromatic rings. The molecule has 3 rings (SSSR count). The summed E-state index contributed by atoms with van der Waals surface area (Å²) in [6, 6.07) is 9.15. The number of Topliss-reactive ketones (excluding diaryl/α,β-unsaturated/α-hetero) is 1. The van der Waals surface area contributed by atoms with Crippen molar-refractivity contribution < 1.29 is 9.21 Å². The number of carbonyl (C=O) groups excluding carboxylic acids is 1. The van der Waals surface area contributed by atoms with Crippen molar-refractivity contribution in [2.24, 2.45) is 0 Å². The van der Waals surface area contributed by atoms with Crippen LogP contribution in [0.1, 0.15) is 17.3 Å². The van der Waals surface area contributed by atoms with Gasteiger partial charge in [-0.15, -0.1) is 10.2 Å². The number of rotatable bonds is 6. The molecule has 6 nitrogen and oxygen atoms in total. The number of hydrogen-bond donors (Lipinski definition) is 0. The molecule has 2 heterocycles. The van der Waals surface area contributed by atoms with Gasteiger partial charge in [0, 0.05) is 18.3 Å². The van der Waals surface area contributed by atoms with Crippen molar-refractivity contribution in [2.75, 3.05) is 5.75 Å². The van der Waals surface area contributed by atoms with Crippen LogP contribution >= 0.6 is 11.8 Å². The smallest absolute Gasteiger partial charge is 0.277 e. The first kappa shape index (κ1) is 14.5. The van der Waals surface area contributed by atoms with Gasteiger partial charge in [-0.1, -0.05) is 42.1 Å². The van der Waals surface area contributed by atoms with Gasteiger partial charge < -0.3 is 4.42 Å². The highest BCUT2D eigenvalue weighted by Crippen LogP contribution is 2.23. The molecule has 7 heteroatoms. The fourth-order valence-corrected chi connectivity index (χ4v) is 2.52. The lowest BCUT2D eigenvalue weighted by molar-refractivity contribution is 0.102. The van der Waals surface area contributed by atoms with E-state index in [1.165, 1.54) is 11.8 Å². The molecule has 0 aliphatic heterocycles. The van der Waals surface area contributed by atoms with Crippen molar-refractivity contribution in [3.63, 3.8) is 0 Å². The van der Waals surface area contributed by atoms with E-state index >= 15 is 0 Å². The van der Waals surface area contributed by atoms with Crippen LogP contribution in [0.15, 0.2) is 52.4 Å². The summed E-state index contributed by atoms with van der Waals surface area (Å²) in [4.78, 5) is 12.0. The number of ketones is 1. The zero-order valence-corrected chi connectivity index (χ0v) is 12.8.